The van der Waals surface area contributed by atoms with Gasteiger partial charge in [-0.05, 0) is 32.6 Å². The zero-order chi connectivity index (χ0) is 9.31. The molecular formula is C10H20ClNO2. The van der Waals surface area contributed by atoms with E-state index >= 15 is 0 Å². The van der Waals surface area contributed by atoms with Crippen molar-refractivity contribution in [3.63, 3.8) is 0 Å². The predicted molar refractivity (Wildman–Crippen MR) is 57.7 cm³/mol. The molecule has 2 fully saturated rings. The van der Waals surface area contributed by atoms with Crippen LogP contribution < -0.4 is 5.32 Å². The maximum Gasteiger partial charge on any atom is 0.109 e. The fraction of sp³-hybridized carbons (Fsp3) is 1.00. The number of rotatable bonds is 2. The van der Waals surface area contributed by atoms with Gasteiger partial charge in [0.1, 0.15) is 6.23 Å². The van der Waals surface area contributed by atoms with Crippen LogP contribution in [0.15, 0.2) is 0 Å². The summed E-state index contributed by atoms with van der Waals surface area (Å²) in [4.78, 5) is 0. The van der Waals surface area contributed by atoms with Gasteiger partial charge in [0.2, 0.25) is 0 Å². The molecule has 14 heavy (non-hydrogen) atoms. The van der Waals surface area contributed by atoms with E-state index in [1.165, 1.54) is 6.42 Å². The maximum absolute atomic E-state index is 5.66. The van der Waals surface area contributed by atoms with E-state index in [1.807, 2.05) is 0 Å². The Labute approximate surface area is 91.9 Å². The molecule has 2 atom stereocenters. The molecule has 0 radical (unpaired) electrons. The Hall–Kier alpha value is 0.170. The van der Waals surface area contributed by atoms with Crippen molar-refractivity contribution in [3.05, 3.63) is 0 Å². The largest absolute Gasteiger partial charge is 0.381 e. The summed E-state index contributed by atoms with van der Waals surface area (Å²) in [5, 5.41) is 3.48. The summed E-state index contributed by atoms with van der Waals surface area (Å²) in [5.41, 5.74) is 0.157. The smallest absolute Gasteiger partial charge is 0.109 e. The van der Waals surface area contributed by atoms with Gasteiger partial charge in [0.05, 0.1) is 6.61 Å². The monoisotopic (exact) mass is 221 g/mol. The highest BCUT2D eigenvalue weighted by Crippen LogP contribution is 2.23. The number of nitrogens with one attached hydrogen (secondary N) is 1. The minimum Gasteiger partial charge on any atom is -0.381 e. The molecule has 0 amide bonds. The van der Waals surface area contributed by atoms with Crippen LogP contribution in [0.4, 0.5) is 0 Å². The molecule has 2 aliphatic rings. The normalized spacial score (nSPS) is 35.6. The average molecular weight is 222 g/mol. The zero-order valence-corrected chi connectivity index (χ0v) is 9.73. The van der Waals surface area contributed by atoms with E-state index < -0.39 is 0 Å². The second kappa shape index (κ2) is 4.79. The molecule has 84 valence electrons. The highest BCUT2D eigenvalue weighted by molar-refractivity contribution is 5.85. The summed E-state index contributed by atoms with van der Waals surface area (Å²) < 4.78 is 11.0. The minimum absolute atomic E-state index is 0. The van der Waals surface area contributed by atoms with Gasteiger partial charge in [-0.25, -0.2) is 0 Å². The molecule has 0 aliphatic carbocycles. The number of halogens is 1. The highest BCUT2D eigenvalue weighted by atomic mass is 35.5. The molecule has 1 N–H and O–H groups in total. The van der Waals surface area contributed by atoms with Gasteiger partial charge >= 0.3 is 0 Å². The predicted octanol–water partition coefficient (Wildman–Crippen LogP) is 1.56. The lowest BCUT2D eigenvalue weighted by Gasteiger charge is -2.18. The molecule has 2 heterocycles. The molecule has 4 heteroatoms. The van der Waals surface area contributed by atoms with E-state index in [0.29, 0.717) is 5.92 Å². The van der Waals surface area contributed by atoms with Gasteiger partial charge in [-0.1, -0.05) is 0 Å². The van der Waals surface area contributed by atoms with Crippen LogP contribution in [-0.2, 0) is 9.47 Å². The van der Waals surface area contributed by atoms with E-state index in [0.717, 1.165) is 26.2 Å². The Bertz CT molecular complexity index is 181. The van der Waals surface area contributed by atoms with Crippen LogP contribution >= 0.6 is 12.4 Å². The van der Waals surface area contributed by atoms with E-state index in [-0.39, 0.29) is 24.2 Å². The first-order valence-electron chi connectivity index (χ1n) is 5.13. The van der Waals surface area contributed by atoms with Crippen molar-refractivity contribution in [3.8, 4) is 0 Å². The van der Waals surface area contributed by atoms with Crippen molar-refractivity contribution in [2.75, 3.05) is 19.8 Å². The van der Waals surface area contributed by atoms with Crippen LogP contribution in [0, 0.1) is 5.92 Å². The summed E-state index contributed by atoms with van der Waals surface area (Å²) in [6.45, 7) is 7.03. The molecule has 2 unspecified atom stereocenters. The Morgan fingerprint density at radius 3 is 2.71 bits per heavy atom. The summed E-state index contributed by atoms with van der Waals surface area (Å²) in [7, 11) is 0. The van der Waals surface area contributed by atoms with Crippen LogP contribution in [0.3, 0.4) is 0 Å². The summed E-state index contributed by atoms with van der Waals surface area (Å²) >= 11 is 0. The molecular weight excluding hydrogens is 202 g/mol. The van der Waals surface area contributed by atoms with Gasteiger partial charge in [0.15, 0.2) is 0 Å². The second-order valence-electron chi connectivity index (χ2n) is 4.79. The van der Waals surface area contributed by atoms with Gasteiger partial charge in [0, 0.05) is 18.8 Å². The standard InChI is InChI=1S/C10H19NO2.ClH/c1-10(2)7-13-9(11-10)5-8-3-4-12-6-8;/h8-9,11H,3-7H2,1-2H3;1H. The summed E-state index contributed by atoms with van der Waals surface area (Å²) in [6, 6.07) is 0. The first-order valence-corrected chi connectivity index (χ1v) is 5.13. The lowest BCUT2D eigenvalue weighted by molar-refractivity contribution is 0.0743. The minimum atomic E-state index is 0. The van der Waals surface area contributed by atoms with Crippen molar-refractivity contribution < 1.29 is 9.47 Å². The highest BCUT2D eigenvalue weighted by Gasteiger charge is 2.32. The lowest BCUT2D eigenvalue weighted by Crippen LogP contribution is -2.39. The van der Waals surface area contributed by atoms with Gasteiger partial charge in [0.25, 0.3) is 0 Å². The molecule has 0 spiro atoms. The topological polar surface area (TPSA) is 30.5 Å². The van der Waals surface area contributed by atoms with E-state index in [1.54, 1.807) is 0 Å². The van der Waals surface area contributed by atoms with Crippen LogP contribution in [0.5, 0.6) is 0 Å². The molecule has 2 rings (SSSR count). The van der Waals surface area contributed by atoms with Gasteiger partial charge in [-0.2, -0.15) is 0 Å². The molecule has 0 bridgehead atoms. The lowest BCUT2D eigenvalue weighted by atomic mass is 10.0. The quantitative estimate of drug-likeness (QED) is 0.768. The van der Waals surface area contributed by atoms with Crippen molar-refractivity contribution in [1.82, 2.24) is 5.32 Å². The van der Waals surface area contributed by atoms with Crippen molar-refractivity contribution >= 4 is 12.4 Å². The second-order valence-corrected chi connectivity index (χ2v) is 4.79. The number of ether oxygens (including phenoxy) is 2. The van der Waals surface area contributed by atoms with Crippen LogP contribution in [0.2, 0.25) is 0 Å². The molecule has 2 aliphatic heterocycles. The third-order valence-electron chi connectivity index (χ3n) is 2.77. The summed E-state index contributed by atoms with van der Waals surface area (Å²) in [6.07, 6.45) is 2.55. The van der Waals surface area contributed by atoms with Crippen LogP contribution in [0.25, 0.3) is 0 Å². The molecule has 0 aromatic heterocycles. The van der Waals surface area contributed by atoms with E-state index in [4.69, 9.17) is 9.47 Å². The van der Waals surface area contributed by atoms with Crippen LogP contribution in [-0.4, -0.2) is 31.6 Å². The summed E-state index contributed by atoms with van der Waals surface area (Å²) in [5.74, 6) is 0.700. The third kappa shape index (κ3) is 3.09. The van der Waals surface area contributed by atoms with Gasteiger partial charge < -0.3 is 9.47 Å². The number of hydrogen-bond donors (Lipinski definition) is 1. The maximum atomic E-state index is 5.66. The molecule has 3 nitrogen and oxygen atoms in total. The van der Waals surface area contributed by atoms with Crippen molar-refractivity contribution in [1.29, 1.82) is 0 Å². The van der Waals surface area contributed by atoms with Gasteiger partial charge in [-0.3, -0.25) is 5.32 Å². The average Bonchev–Trinajstić information content (AvgIpc) is 2.61. The SMILES string of the molecule is CC1(C)COC(CC2CCOC2)N1.Cl. The molecule has 0 saturated carbocycles. The Morgan fingerprint density at radius 2 is 2.21 bits per heavy atom. The fourth-order valence-corrected chi connectivity index (χ4v) is 2.03. The van der Waals surface area contributed by atoms with Crippen LogP contribution in [0.1, 0.15) is 26.7 Å². The molecule has 0 aromatic carbocycles. The Morgan fingerprint density at radius 1 is 1.43 bits per heavy atom. The van der Waals surface area contributed by atoms with Crippen molar-refractivity contribution in [2.24, 2.45) is 5.92 Å². The molecule has 2 saturated heterocycles. The fourth-order valence-electron chi connectivity index (χ4n) is 2.03. The van der Waals surface area contributed by atoms with E-state index in [9.17, 15) is 0 Å². The first-order chi connectivity index (χ1) is 6.16. The van der Waals surface area contributed by atoms with Gasteiger partial charge in [-0.15, -0.1) is 12.4 Å². The Kier molecular flexibility index (Phi) is 4.19. The molecule has 0 aromatic rings. The van der Waals surface area contributed by atoms with E-state index in [2.05, 4.69) is 19.2 Å². The third-order valence-corrected chi connectivity index (χ3v) is 2.77. The number of hydrogen-bond acceptors (Lipinski definition) is 3. The van der Waals surface area contributed by atoms with Crippen molar-refractivity contribution in [2.45, 2.75) is 38.5 Å². The Balaban J connectivity index is 0.000000980. The zero-order valence-electron chi connectivity index (χ0n) is 8.91. The first kappa shape index (κ1) is 12.2.